The molecule has 75 heavy (non-hydrogen) atoms. The Morgan fingerprint density at radius 3 is 1.80 bits per heavy atom. The largest absolute Gasteiger partial charge is 0.454 e. The third kappa shape index (κ3) is 5.54. The first-order valence-corrected chi connectivity index (χ1v) is 26.3. The Labute approximate surface area is 438 Å². The molecule has 354 valence electrons. The molecule has 0 radical (unpaired) electrons. The lowest BCUT2D eigenvalue weighted by molar-refractivity contribution is 0.437. The van der Waals surface area contributed by atoms with E-state index in [-0.39, 0.29) is 5.41 Å². The van der Waals surface area contributed by atoms with Gasteiger partial charge in [-0.15, -0.1) is 0 Å². The summed E-state index contributed by atoms with van der Waals surface area (Å²) < 4.78 is 7.48. The van der Waals surface area contributed by atoms with Crippen molar-refractivity contribution in [3.05, 3.63) is 299 Å². The summed E-state index contributed by atoms with van der Waals surface area (Å²) in [7, 11) is 0. The number of benzene rings is 11. The van der Waals surface area contributed by atoms with Crippen LogP contribution in [0.5, 0.6) is 11.5 Å². The Morgan fingerprint density at radius 1 is 0.373 bits per heavy atom. The lowest BCUT2D eigenvalue weighted by atomic mass is 9.65. The number of para-hydroxylation sites is 3. The van der Waals surface area contributed by atoms with Gasteiger partial charge in [-0.3, -0.25) is 0 Å². The molecule has 3 nitrogen and oxygen atoms in total. The minimum atomic E-state index is -0.752. The lowest BCUT2D eigenvalue weighted by Gasteiger charge is -2.41. The lowest BCUT2D eigenvalue weighted by Crippen LogP contribution is -2.33. The molecule has 2 aliphatic heterocycles. The van der Waals surface area contributed by atoms with Crippen LogP contribution in [0.4, 0.5) is 34.1 Å². The summed E-state index contributed by atoms with van der Waals surface area (Å²) >= 11 is 0. The smallest absolute Gasteiger partial charge is 0.156 e. The van der Waals surface area contributed by atoms with Gasteiger partial charge in [0.1, 0.15) is 5.75 Å². The summed E-state index contributed by atoms with van der Waals surface area (Å²) in [5.74, 6) is 1.71. The Bertz CT molecular complexity index is 4210. The number of hydrogen-bond donors (Lipinski definition) is 0. The molecule has 3 heteroatoms. The zero-order valence-corrected chi connectivity index (χ0v) is 42.0. The maximum atomic E-state index is 7.48. The molecule has 0 saturated heterocycles. The zero-order valence-electron chi connectivity index (χ0n) is 42.0. The Hall–Kier alpha value is -9.18. The second-order valence-corrected chi connectivity index (χ2v) is 21.7. The topological polar surface area (TPSA) is 15.7 Å². The maximum Gasteiger partial charge on any atom is 0.156 e. The van der Waals surface area contributed by atoms with Crippen molar-refractivity contribution in [3.63, 3.8) is 0 Å². The van der Waals surface area contributed by atoms with Crippen molar-refractivity contribution in [3.8, 4) is 56.0 Å². The molecule has 0 N–H and O–H groups in total. The van der Waals surface area contributed by atoms with E-state index in [0.717, 1.165) is 56.8 Å². The van der Waals surface area contributed by atoms with Gasteiger partial charge in [0.05, 0.1) is 16.8 Å². The molecule has 2 atom stereocenters. The predicted molar refractivity (Wildman–Crippen MR) is 307 cm³/mol. The normalized spacial score (nSPS) is 17.8. The molecule has 11 aromatic carbocycles. The average Bonchev–Trinajstić information content (AvgIpc) is 4.05. The van der Waals surface area contributed by atoms with E-state index < -0.39 is 10.8 Å². The average molecular weight is 959 g/mol. The van der Waals surface area contributed by atoms with Crippen LogP contribution >= 0.6 is 0 Å². The minimum Gasteiger partial charge on any atom is -0.454 e. The Kier molecular flexibility index (Phi) is 8.58. The van der Waals surface area contributed by atoms with Gasteiger partial charge in [-0.2, -0.15) is 0 Å². The molecule has 0 aromatic heterocycles. The van der Waals surface area contributed by atoms with Crippen LogP contribution in [0.2, 0.25) is 0 Å². The fourth-order valence-corrected chi connectivity index (χ4v) is 14.3. The highest BCUT2D eigenvalue weighted by Gasteiger charge is 2.54. The molecular formula is C72H50N2O. The number of rotatable bonds is 5. The first-order valence-electron chi connectivity index (χ1n) is 26.3. The van der Waals surface area contributed by atoms with E-state index in [9.17, 15) is 0 Å². The maximum absolute atomic E-state index is 7.48. The highest BCUT2D eigenvalue weighted by atomic mass is 16.5. The van der Waals surface area contributed by atoms with Crippen LogP contribution in [0.1, 0.15) is 70.8 Å². The van der Waals surface area contributed by atoms with E-state index in [1.165, 1.54) is 83.5 Å². The third-order valence-electron chi connectivity index (χ3n) is 17.7. The van der Waals surface area contributed by atoms with Crippen molar-refractivity contribution in [2.45, 2.75) is 37.0 Å². The summed E-state index contributed by atoms with van der Waals surface area (Å²) in [6.07, 6.45) is 0. The minimum absolute atomic E-state index is 0.173. The van der Waals surface area contributed by atoms with Crippen molar-refractivity contribution >= 4 is 34.1 Å². The van der Waals surface area contributed by atoms with Gasteiger partial charge in [-0.25, -0.2) is 0 Å². The molecule has 4 bridgehead atoms. The van der Waals surface area contributed by atoms with Gasteiger partial charge in [-0.1, -0.05) is 190 Å². The summed E-state index contributed by atoms with van der Waals surface area (Å²) in [6.45, 7) is 7.17. The van der Waals surface area contributed by atoms with E-state index >= 15 is 0 Å². The summed E-state index contributed by atoms with van der Waals surface area (Å²) in [6, 6.07) is 93.0. The van der Waals surface area contributed by atoms with E-state index in [0.29, 0.717) is 0 Å². The second kappa shape index (κ2) is 15.2. The Morgan fingerprint density at radius 2 is 0.987 bits per heavy atom. The van der Waals surface area contributed by atoms with Crippen molar-refractivity contribution in [2.75, 3.05) is 9.80 Å². The van der Waals surface area contributed by atoms with Crippen LogP contribution < -0.4 is 14.5 Å². The Balaban J connectivity index is 0.976. The summed E-state index contributed by atoms with van der Waals surface area (Å²) in [5.41, 5.74) is 26.6. The molecule has 2 unspecified atom stereocenters. The van der Waals surface area contributed by atoms with E-state index in [1.807, 2.05) is 0 Å². The van der Waals surface area contributed by atoms with E-state index in [2.05, 4.69) is 279 Å². The van der Waals surface area contributed by atoms with Crippen LogP contribution in [-0.2, 0) is 16.2 Å². The molecule has 1 spiro atoms. The molecule has 11 aromatic rings. The van der Waals surface area contributed by atoms with Crippen molar-refractivity contribution in [2.24, 2.45) is 0 Å². The first kappa shape index (κ1) is 42.3. The van der Waals surface area contributed by atoms with Gasteiger partial charge in [0.2, 0.25) is 0 Å². The SMILES string of the molecule is CC1(C)c2ccccc2-c2ccc(N(c3ccccc3)c3cccc4c3Oc3ccccc3C43c4ccc5cc4-c4c(cccc43)N(c3ccc(-c4ccccc4)cc3)c3ccc4c(c3)C5(C)c3ccccc3-4)cc21. The molecule has 16 rings (SSSR count). The van der Waals surface area contributed by atoms with Gasteiger partial charge >= 0.3 is 0 Å². The number of hydrogen-bond acceptors (Lipinski definition) is 3. The van der Waals surface area contributed by atoms with Gasteiger partial charge in [0, 0.05) is 50.3 Å². The quantitative estimate of drug-likeness (QED) is 0.171. The van der Waals surface area contributed by atoms with Crippen LogP contribution in [0.3, 0.4) is 0 Å². The number of nitrogens with zero attached hydrogens (tertiary/aromatic N) is 2. The third-order valence-corrected chi connectivity index (χ3v) is 17.7. The van der Waals surface area contributed by atoms with Crippen molar-refractivity contribution in [1.29, 1.82) is 0 Å². The molecular weight excluding hydrogens is 909 g/mol. The van der Waals surface area contributed by atoms with Crippen LogP contribution in [0, 0.1) is 0 Å². The highest BCUT2D eigenvalue weighted by molar-refractivity contribution is 6.01. The monoisotopic (exact) mass is 958 g/mol. The van der Waals surface area contributed by atoms with Crippen LogP contribution in [-0.4, -0.2) is 0 Å². The molecule has 0 saturated carbocycles. The second-order valence-electron chi connectivity index (χ2n) is 21.7. The fourth-order valence-electron chi connectivity index (χ4n) is 14.3. The molecule has 0 amide bonds. The number of fused-ring (bicyclic) bond motifs is 15. The van der Waals surface area contributed by atoms with Gasteiger partial charge in [-0.05, 0) is 158 Å². The van der Waals surface area contributed by atoms with Gasteiger partial charge < -0.3 is 14.5 Å². The predicted octanol–water partition coefficient (Wildman–Crippen LogP) is 18.7. The molecule has 0 fully saturated rings. The van der Waals surface area contributed by atoms with Crippen LogP contribution in [0.15, 0.2) is 249 Å². The summed E-state index contributed by atoms with van der Waals surface area (Å²) in [5, 5.41) is 0. The van der Waals surface area contributed by atoms with Crippen LogP contribution in [0.25, 0.3) is 44.5 Å². The molecule has 5 aliphatic rings. The molecule has 3 aliphatic carbocycles. The van der Waals surface area contributed by atoms with Gasteiger partial charge in [0.15, 0.2) is 5.75 Å². The van der Waals surface area contributed by atoms with Crippen molar-refractivity contribution in [1.82, 2.24) is 0 Å². The van der Waals surface area contributed by atoms with Crippen molar-refractivity contribution < 1.29 is 4.74 Å². The standard InChI is InChI=1S/C72H50N2O/c1-70(2)57-24-12-10-22-52(57)54-39-37-50(43-63(54)70)74(48-20-8-5-9-21-48)66-30-17-28-62-69(66)75-67-31-15-14-26-60(67)72(62)59-41-34-47-42-56(59)68-61(72)27-16-29-65(68)73(49-35-32-46(33-36-49)45-18-6-4-7-19-45)51-38-40-55-53-23-11-13-25-58(53)71(47,3)64(55)44-51/h4-44H,1-3H3. The van der Waals surface area contributed by atoms with E-state index in [1.54, 1.807) is 0 Å². The summed E-state index contributed by atoms with van der Waals surface area (Å²) in [4.78, 5) is 4.94. The van der Waals surface area contributed by atoms with E-state index in [4.69, 9.17) is 4.74 Å². The number of anilines is 6. The zero-order chi connectivity index (χ0) is 49.8. The first-order chi connectivity index (χ1) is 36.8. The highest BCUT2D eigenvalue weighted by Crippen LogP contribution is 2.67. The number of ether oxygens (including phenoxy) is 1. The van der Waals surface area contributed by atoms with Gasteiger partial charge in [0.25, 0.3) is 0 Å². The molecule has 2 heterocycles. The fraction of sp³-hybridized carbons (Fsp3) is 0.0833.